The molecule has 6 heteroatoms. The zero-order valence-corrected chi connectivity index (χ0v) is 15.5. The molecule has 3 aromatic rings. The highest BCUT2D eigenvalue weighted by Gasteiger charge is 2.28. The SMILES string of the molecule is Cc1ccc(-n2nc3c(c2NC(=O)c2ccccc2C)CS(=O)C3)cc1. The zero-order chi connectivity index (χ0) is 18.3. The van der Waals surface area contributed by atoms with Crippen molar-refractivity contribution in [1.82, 2.24) is 9.78 Å². The number of nitrogens with one attached hydrogen (secondary N) is 1. The van der Waals surface area contributed by atoms with Gasteiger partial charge in [0, 0.05) is 21.9 Å². The maximum absolute atomic E-state index is 12.8. The van der Waals surface area contributed by atoms with E-state index in [1.807, 2.05) is 56.3 Å². The fourth-order valence-electron chi connectivity index (χ4n) is 3.13. The smallest absolute Gasteiger partial charge is 0.257 e. The van der Waals surface area contributed by atoms with Crippen molar-refractivity contribution in [1.29, 1.82) is 0 Å². The summed E-state index contributed by atoms with van der Waals surface area (Å²) in [5, 5.41) is 7.63. The second kappa shape index (κ2) is 6.53. The second-order valence-corrected chi connectivity index (χ2v) is 7.98. The summed E-state index contributed by atoms with van der Waals surface area (Å²) < 4.78 is 13.7. The Balaban J connectivity index is 1.77. The first-order valence-electron chi connectivity index (χ1n) is 8.42. The van der Waals surface area contributed by atoms with E-state index in [1.165, 1.54) is 0 Å². The lowest BCUT2D eigenvalue weighted by molar-refractivity contribution is 0.102. The Bertz CT molecular complexity index is 1020. The molecule has 1 aliphatic heterocycles. The summed E-state index contributed by atoms with van der Waals surface area (Å²) >= 11 is 0. The quantitative estimate of drug-likeness (QED) is 0.773. The number of benzene rings is 2. The number of rotatable bonds is 3. The molecule has 4 rings (SSSR count). The van der Waals surface area contributed by atoms with E-state index in [2.05, 4.69) is 10.4 Å². The molecule has 0 radical (unpaired) electrons. The van der Waals surface area contributed by atoms with Crippen LogP contribution in [0.5, 0.6) is 0 Å². The van der Waals surface area contributed by atoms with Gasteiger partial charge in [-0.2, -0.15) is 5.10 Å². The Morgan fingerprint density at radius 1 is 1.08 bits per heavy atom. The van der Waals surface area contributed by atoms with Crippen molar-refractivity contribution in [2.45, 2.75) is 25.4 Å². The van der Waals surface area contributed by atoms with E-state index < -0.39 is 10.8 Å². The fourth-order valence-corrected chi connectivity index (χ4v) is 4.40. The number of carbonyl (C=O) groups excluding carboxylic acids is 1. The van der Waals surface area contributed by atoms with Crippen molar-refractivity contribution in [3.8, 4) is 5.69 Å². The minimum absolute atomic E-state index is 0.183. The summed E-state index contributed by atoms with van der Waals surface area (Å²) in [4.78, 5) is 12.8. The normalized spacial score (nSPS) is 15.7. The van der Waals surface area contributed by atoms with E-state index in [-0.39, 0.29) is 5.91 Å². The van der Waals surface area contributed by atoms with Crippen LogP contribution >= 0.6 is 0 Å². The molecular formula is C20H19N3O2S. The minimum Gasteiger partial charge on any atom is -0.306 e. The second-order valence-electron chi connectivity index (χ2n) is 6.52. The molecule has 0 spiro atoms. The predicted molar refractivity (Wildman–Crippen MR) is 103 cm³/mol. The van der Waals surface area contributed by atoms with Crippen LogP contribution in [0, 0.1) is 13.8 Å². The molecule has 1 aromatic heterocycles. The lowest BCUT2D eigenvalue weighted by Gasteiger charge is -2.12. The standard InChI is InChI=1S/C20H19N3O2S/c1-13-7-9-15(10-8-13)23-19(17-11-26(25)12-18(17)22-23)21-20(24)16-6-4-3-5-14(16)2/h3-10H,11-12H2,1-2H3,(H,21,24). The average molecular weight is 365 g/mol. The van der Waals surface area contributed by atoms with Crippen LogP contribution in [0.1, 0.15) is 32.7 Å². The van der Waals surface area contributed by atoms with Gasteiger partial charge in [0.25, 0.3) is 5.91 Å². The van der Waals surface area contributed by atoms with Gasteiger partial charge in [0.2, 0.25) is 0 Å². The van der Waals surface area contributed by atoms with Crippen LogP contribution < -0.4 is 5.32 Å². The van der Waals surface area contributed by atoms with Crippen molar-refractivity contribution >= 4 is 22.5 Å². The number of hydrogen-bond acceptors (Lipinski definition) is 3. The van der Waals surface area contributed by atoms with Gasteiger partial charge in [-0.3, -0.25) is 9.00 Å². The van der Waals surface area contributed by atoms with Crippen LogP contribution in [0.25, 0.3) is 5.69 Å². The summed E-state index contributed by atoms with van der Waals surface area (Å²) in [5.41, 5.74) is 5.22. The maximum atomic E-state index is 12.8. The van der Waals surface area contributed by atoms with Gasteiger partial charge in [-0.15, -0.1) is 0 Å². The highest BCUT2D eigenvalue weighted by atomic mass is 32.2. The largest absolute Gasteiger partial charge is 0.306 e. The molecule has 0 saturated heterocycles. The van der Waals surface area contributed by atoms with Crippen molar-refractivity contribution in [3.63, 3.8) is 0 Å². The number of carbonyl (C=O) groups is 1. The van der Waals surface area contributed by atoms with Gasteiger partial charge in [0.05, 0.1) is 22.9 Å². The van der Waals surface area contributed by atoms with Crippen molar-refractivity contribution in [2.75, 3.05) is 5.32 Å². The van der Waals surface area contributed by atoms with E-state index in [9.17, 15) is 9.00 Å². The topological polar surface area (TPSA) is 64.0 Å². The maximum Gasteiger partial charge on any atom is 0.257 e. The average Bonchev–Trinajstić information content (AvgIpc) is 3.13. The Hall–Kier alpha value is -2.73. The number of aryl methyl sites for hydroxylation is 2. The van der Waals surface area contributed by atoms with Gasteiger partial charge in [0.15, 0.2) is 0 Å². The molecule has 132 valence electrons. The highest BCUT2D eigenvalue weighted by Crippen LogP contribution is 2.31. The molecule has 1 atom stereocenters. The fraction of sp³-hybridized carbons (Fsp3) is 0.200. The third kappa shape index (κ3) is 2.97. The van der Waals surface area contributed by atoms with Gasteiger partial charge in [-0.25, -0.2) is 4.68 Å². The number of hydrogen-bond donors (Lipinski definition) is 1. The van der Waals surface area contributed by atoms with Gasteiger partial charge in [-0.1, -0.05) is 35.9 Å². The first kappa shape index (κ1) is 16.7. The van der Waals surface area contributed by atoms with Gasteiger partial charge < -0.3 is 5.32 Å². The predicted octanol–water partition coefficient (Wildman–Crippen LogP) is 3.50. The van der Waals surface area contributed by atoms with E-state index >= 15 is 0 Å². The lowest BCUT2D eigenvalue weighted by Crippen LogP contribution is -2.17. The monoisotopic (exact) mass is 365 g/mol. The molecule has 26 heavy (non-hydrogen) atoms. The van der Waals surface area contributed by atoms with E-state index in [1.54, 1.807) is 10.7 Å². The molecule has 0 saturated carbocycles. The summed E-state index contributed by atoms with van der Waals surface area (Å²) in [5.74, 6) is 1.28. The lowest BCUT2D eigenvalue weighted by atomic mass is 10.1. The molecule has 2 aromatic carbocycles. The summed E-state index contributed by atoms with van der Waals surface area (Å²) in [6, 6.07) is 15.4. The molecule has 0 bridgehead atoms. The van der Waals surface area contributed by atoms with Gasteiger partial charge >= 0.3 is 0 Å². The van der Waals surface area contributed by atoms with Gasteiger partial charge in [0.1, 0.15) is 5.82 Å². The zero-order valence-electron chi connectivity index (χ0n) is 14.7. The van der Waals surface area contributed by atoms with Crippen molar-refractivity contribution < 1.29 is 9.00 Å². The molecule has 1 amide bonds. The number of fused-ring (bicyclic) bond motifs is 1. The number of amides is 1. The molecule has 1 N–H and O–H groups in total. The minimum atomic E-state index is -0.958. The van der Waals surface area contributed by atoms with Crippen LogP contribution in [-0.2, 0) is 22.3 Å². The Kier molecular flexibility index (Phi) is 4.20. The molecule has 1 unspecified atom stereocenters. The van der Waals surface area contributed by atoms with Crippen LogP contribution in [0.2, 0.25) is 0 Å². The number of anilines is 1. The third-order valence-electron chi connectivity index (χ3n) is 4.57. The summed E-state index contributed by atoms with van der Waals surface area (Å²) in [7, 11) is -0.958. The summed E-state index contributed by atoms with van der Waals surface area (Å²) in [6.07, 6.45) is 0. The first-order chi connectivity index (χ1) is 12.5. The Morgan fingerprint density at radius 2 is 1.81 bits per heavy atom. The van der Waals surface area contributed by atoms with Crippen LogP contribution in [-0.4, -0.2) is 19.9 Å². The Labute approximate surface area is 154 Å². The Morgan fingerprint density at radius 3 is 2.54 bits per heavy atom. The molecule has 0 aliphatic carbocycles. The molecule has 2 heterocycles. The number of aromatic nitrogens is 2. The van der Waals surface area contributed by atoms with E-state index in [4.69, 9.17) is 0 Å². The third-order valence-corrected chi connectivity index (χ3v) is 5.78. The van der Waals surface area contributed by atoms with E-state index in [0.29, 0.717) is 22.9 Å². The van der Waals surface area contributed by atoms with Crippen molar-refractivity contribution in [2.24, 2.45) is 0 Å². The van der Waals surface area contributed by atoms with Crippen LogP contribution in [0.3, 0.4) is 0 Å². The molecular weight excluding hydrogens is 346 g/mol. The number of nitrogens with zero attached hydrogens (tertiary/aromatic N) is 2. The molecule has 5 nitrogen and oxygen atoms in total. The van der Waals surface area contributed by atoms with Crippen LogP contribution in [0.4, 0.5) is 5.82 Å². The van der Waals surface area contributed by atoms with Crippen LogP contribution in [0.15, 0.2) is 48.5 Å². The first-order valence-corrected chi connectivity index (χ1v) is 9.91. The van der Waals surface area contributed by atoms with E-state index in [0.717, 1.165) is 28.1 Å². The molecule has 0 fully saturated rings. The van der Waals surface area contributed by atoms with Crippen molar-refractivity contribution in [3.05, 3.63) is 76.5 Å². The summed E-state index contributed by atoms with van der Waals surface area (Å²) in [6.45, 7) is 3.93. The highest BCUT2D eigenvalue weighted by molar-refractivity contribution is 7.83. The van der Waals surface area contributed by atoms with Gasteiger partial charge in [-0.05, 0) is 37.6 Å². The molecule has 1 aliphatic rings.